The van der Waals surface area contributed by atoms with Crippen molar-refractivity contribution in [1.29, 1.82) is 0 Å². The van der Waals surface area contributed by atoms with Crippen molar-refractivity contribution < 1.29 is 0 Å². The Hall–Kier alpha value is -5.93. The number of hydrogen-bond donors (Lipinski definition) is 0. The number of benzene rings is 8. The first-order chi connectivity index (χ1) is 24.3. The molecule has 10 rings (SSSR count). The van der Waals surface area contributed by atoms with E-state index >= 15 is 0 Å². The number of fused-ring (bicyclic) bond motifs is 8. The molecule has 2 aromatic heterocycles. The molecule has 0 amide bonds. The average Bonchev–Trinajstić information content (AvgIpc) is 3.56. The molecule has 0 aliphatic carbocycles. The topological polar surface area (TPSA) is 38.7 Å². The smallest absolute Gasteiger partial charge is 0.0512 e. The second-order valence-electron chi connectivity index (χ2n) is 12.4. The monoisotopic (exact) mass is 689 g/mol. The van der Waals surface area contributed by atoms with Crippen LogP contribution in [0.15, 0.2) is 164 Å². The number of hydrogen-bond acceptors (Lipinski definition) is 3. The van der Waals surface area contributed by atoms with Crippen LogP contribution in [0.3, 0.4) is 0 Å². The summed E-state index contributed by atoms with van der Waals surface area (Å²) in [5.41, 5.74) is 5.28. The zero-order chi connectivity index (χ0) is 32.3. The number of rotatable bonds is 4. The van der Waals surface area contributed by atoms with Gasteiger partial charge < -0.3 is 0 Å². The van der Waals surface area contributed by atoms with Gasteiger partial charge in [-0.05, 0) is 0 Å². The second kappa shape index (κ2) is 11.3. The van der Waals surface area contributed by atoms with E-state index in [1.165, 1.54) is 62.7 Å². The minimum Gasteiger partial charge on any atom is -0.0615 e. The van der Waals surface area contributed by atoms with Crippen LogP contribution in [0.4, 0.5) is 0 Å². The predicted molar refractivity (Wildman–Crippen MR) is 206 cm³/mol. The maximum absolute atomic E-state index is 5.01. The third-order valence-electron chi connectivity index (χ3n) is 9.49. The molecule has 228 valence electrons. The molecule has 0 bridgehead atoms. The molecule has 0 fully saturated rings. The molecule has 0 atom stereocenters. The van der Waals surface area contributed by atoms with E-state index in [9.17, 15) is 0 Å². The van der Waals surface area contributed by atoms with Gasteiger partial charge in [-0.3, -0.25) is 0 Å². The molecule has 2 heterocycles. The largest absolute Gasteiger partial charge is 0.0615 e. The van der Waals surface area contributed by atoms with Crippen molar-refractivity contribution in [2.45, 2.75) is 0 Å². The summed E-state index contributed by atoms with van der Waals surface area (Å²) in [5, 5.41) is 10.4. The predicted octanol–water partition coefficient (Wildman–Crippen LogP) is 11.4. The summed E-state index contributed by atoms with van der Waals surface area (Å²) in [6, 6.07) is 58.4. The van der Waals surface area contributed by atoms with E-state index in [1.807, 2.05) is 60.7 Å². The fraction of sp³-hybridized carbons (Fsp3) is 0. The SMILES string of the molecule is c1ccc(-c2nc(-c3ccccc3)nc(-c3ccc4cccc(-c5ccc6ccc7ccc8c9ccccc9[se]c8c7c6c5)c4c3)n2)cc1. The van der Waals surface area contributed by atoms with Crippen LogP contribution >= 0.6 is 0 Å². The van der Waals surface area contributed by atoms with Crippen molar-refractivity contribution in [3.05, 3.63) is 164 Å². The Morgan fingerprint density at radius 2 is 0.918 bits per heavy atom. The Balaban J connectivity index is 1.17. The molecule has 0 aliphatic heterocycles. The molecule has 0 N–H and O–H groups in total. The Labute approximate surface area is 288 Å². The Morgan fingerprint density at radius 1 is 0.347 bits per heavy atom. The molecule has 0 unspecified atom stereocenters. The molecule has 0 aliphatic rings. The van der Waals surface area contributed by atoms with E-state index in [1.54, 1.807) is 0 Å². The van der Waals surface area contributed by atoms with Crippen LogP contribution in [-0.2, 0) is 0 Å². The van der Waals surface area contributed by atoms with Gasteiger partial charge in [0.05, 0.1) is 0 Å². The number of nitrogens with zero attached hydrogens (tertiary/aromatic N) is 3. The molecule has 0 saturated carbocycles. The van der Waals surface area contributed by atoms with E-state index in [4.69, 9.17) is 15.0 Å². The van der Waals surface area contributed by atoms with Gasteiger partial charge >= 0.3 is 213 Å². The van der Waals surface area contributed by atoms with Gasteiger partial charge in [-0.15, -0.1) is 0 Å². The van der Waals surface area contributed by atoms with Crippen LogP contribution in [0.5, 0.6) is 0 Å². The van der Waals surface area contributed by atoms with Gasteiger partial charge in [0, 0.05) is 11.1 Å². The van der Waals surface area contributed by atoms with Gasteiger partial charge in [-0.2, -0.15) is 0 Å². The quantitative estimate of drug-likeness (QED) is 0.136. The van der Waals surface area contributed by atoms with Gasteiger partial charge in [0.2, 0.25) is 0 Å². The molecule has 0 radical (unpaired) electrons. The Kier molecular flexibility index (Phi) is 6.51. The van der Waals surface area contributed by atoms with Crippen LogP contribution in [-0.4, -0.2) is 29.5 Å². The fourth-order valence-corrected chi connectivity index (χ4v) is 9.76. The van der Waals surface area contributed by atoms with E-state index < -0.39 is 0 Å². The van der Waals surface area contributed by atoms with E-state index in [0.717, 1.165) is 16.7 Å². The second-order valence-corrected chi connectivity index (χ2v) is 14.6. The molecular weight excluding hydrogens is 661 g/mol. The Bertz CT molecular complexity index is 2820. The van der Waals surface area contributed by atoms with Crippen molar-refractivity contribution in [2.24, 2.45) is 0 Å². The zero-order valence-corrected chi connectivity index (χ0v) is 28.1. The Morgan fingerprint density at radius 3 is 1.67 bits per heavy atom. The third-order valence-corrected chi connectivity index (χ3v) is 12.0. The first kappa shape index (κ1) is 28.1. The molecule has 8 aromatic carbocycles. The van der Waals surface area contributed by atoms with Crippen molar-refractivity contribution >= 4 is 66.1 Å². The van der Waals surface area contributed by atoms with Crippen LogP contribution in [0.1, 0.15) is 0 Å². The first-order valence-electron chi connectivity index (χ1n) is 16.4. The van der Waals surface area contributed by atoms with Crippen molar-refractivity contribution in [3.8, 4) is 45.3 Å². The standard InChI is InChI=1S/C45H27N3Se/c1-3-10-31(11-4-1)43-46-44(32-12-5-2-6-13-32)48-45(47-43)34-23-20-28-14-9-16-35(38(28)27-34)33-22-19-29-18-21-30-24-25-37-36-15-7-8-17-40(36)49-42(37)41(30)39(29)26-33/h1-27H. The van der Waals surface area contributed by atoms with Crippen LogP contribution in [0.2, 0.25) is 0 Å². The van der Waals surface area contributed by atoms with E-state index in [2.05, 4.69) is 103 Å². The average molecular weight is 689 g/mol. The molecule has 10 aromatic rings. The summed E-state index contributed by atoms with van der Waals surface area (Å²) < 4.78 is 2.96. The van der Waals surface area contributed by atoms with Crippen molar-refractivity contribution in [2.75, 3.05) is 0 Å². The molecule has 49 heavy (non-hydrogen) atoms. The van der Waals surface area contributed by atoms with Crippen LogP contribution in [0, 0.1) is 0 Å². The third kappa shape index (κ3) is 4.76. The minimum absolute atomic E-state index is 0.270. The van der Waals surface area contributed by atoms with Crippen LogP contribution < -0.4 is 0 Å². The maximum atomic E-state index is 5.01. The molecule has 3 nitrogen and oxygen atoms in total. The van der Waals surface area contributed by atoms with E-state index in [0.29, 0.717) is 17.5 Å². The fourth-order valence-electron chi connectivity index (χ4n) is 7.09. The summed E-state index contributed by atoms with van der Waals surface area (Å²) in [6.07, 6.45) is 0. The number of aromatic nitrogens is 3. The molecule has 4 heteroatoms. The van der Waals surface area contributed by atoms with Gasteiger partial charge in [0.1, 0.15) is 0 Å². The summed E-state index contributed by atoms with van der Waals surface area (Å²) in [6.45, 7) is 0. The van der Waals surface area contributed by atoms with Gasteiger partial charge in [-0.1, -0.05) is 60.7 Å². The first-order valence-corrected chi connectivity index (χ1v) is 18.2. The minimum atomic E-state index is 0.270. The summed E-state index contributed by atoms with van der Waals surface area (Å²) in [4.78, 5) is 14.9. The summed E-state index contributed by atoms with van der Waals surface area (Å²) in [7, 11) is 0. The normalized spacial score (nSPS) is 11.7. The molecular formula is C45H27N3Se. The molecule has 0 saturated heterocycles. The van der Waals surface area contributed by atoms with Crippen molar-refractivity contribution in [3.63, 3.8) is 0 Å². The van der Waals surface area contributed by atoms with Gasteiger partial charge in [-0.25, -0.2) is 4.98 Å². The van der Waals surface area contributed by atoms with E-state index in [-0.39, 0.29) is 14.5 Å². The van der Waals surface area contributed by atoms with Crippen molar-refractivity contribution in [1.82, 2.24) is 15.0 Å². The maximum Gasteiger partial charge on any atom is -0.0512 e. The zero-order valence-electron chi connectivity index (χ0n) is 26.3. The summed E-state index contributed by atoms with van der Waals surface area (Å²) in [5.74, 6) is 1.98. The van der Waals surface area contributed by atoms with Crippen LogP contribution in [0.25, 0.3) is 96.9 Å². The molecule has 0 spiro atoms. The van der Waals surface area contributed by atoms with Gasteiger partial charge in [0.15, 0.2) is 0 Å². The summed E-state index contributed by atoms with van der Waals surface area (Å²) >= 11 is 0.270. The van der Waals surface area contributed by atoms with Gasteiger partial charge in [0.25, 0.3) is 0 Å².